The van der Waals surface area contributed by atoms with Crippen molar-refractivity contribution in [3.63, 3.8) is 0 Å². The molecule has 0 saturated heterocycles. The maximum absolute atomic E-state index is 11.7. The van der Waals surface area contributed by atoms with Gasteiger partial charge in [-0.1, -0.05) is 69.4 Å². The Kier molecular flexibility index (Phi) is 9.61. The highest BCUT2D eigenvalue weighted by Crippen LogP contribution is 2.09. The summed E-state index contributed by atoms with van der Waals surface area (Å²) in [7, 11) is 0. The SMILES string of the molecule is CCCCCCCC(O)C(=O)C(=O)OC(=O)CCc1ccccc1. The number of hydrogen-bond acceptors (Lipinski definition) is 5. The van der Waals surface area contributed by atoms with Crippen molar-refractivity contribution in [2.24, 2.45) is 0 Å². The summed E-state index contributed by atoms with van der Waals surface area (Å²) in [5.74, 6) is -3.07. The van der Waals surface area contributed by atoms with Crippen LogP contribution in [0.1, 0.15) is 57.4 Å². The lowest BCUT2D eigenvalue weighted by Crippen LogP contribution is -2.31. The molecule has 1 atom stereocenters. The zero-order chi connectivity index (χ0) is 17.8. The summed E-state index contributed by atoms with van der Waals surface area (Å²) in [6.07, 6.45) is 4.11. The van der Waals surface area contributed by atoms with Gasteiger partial charge in [0.2, 0.25) is 0 Å². The van der Waals surface area contributed by atoms with E-state index in [-0.39, 0.29) is 12.8 Å². The van der Waals surface area contributed by atoms with Gasteiger partial charge in [0.05, 0.1) is 6.42 Å². The molecule has 0 radical (unpaired) electrons. The van der Waals surface area contributed by atoms with Crippen LogP contribution >= 0.6 is 0 Å². The maximum Gasteiger partial charge on any atom is 0.385 e. The molecule has 0 saturated carbocycles. The van der Waals surface area contributed by atoms with E-state index in [1.807, 2.05) is 30.3 Å². The molecule has 5 nitrogen and oxygen atoms in total. The summed E-state index contributed by atoms with van der Waals surface area (Å²) in [4.78, 5) is 34.9. The number of aliphatic hydroxyl groups is 1. The summed E-state index contributed by atoms with van der Waals surface area (Å²) in [5.41, 5.74) is 0.945. The number of esters is 2. The Bertz CT molecular complexity index is 524. The number of rotatable bonds is 11. The van der Waals surface area contributed by atoms with Crippen molar-refractivity contribution in [1.29, 1.82) is 0 Å². The first-order chi connectivity index (χ1) is 11.5. The van der Waals surface area contributed by atoms with Crippen LogP contribution in [-0.2, 0) is 25.5 Å². The molecule has 0 aliphatic heterocycles. The minimum Gasteiger partial charge on any atom is -0.387 e. The third kappa shape index (κ3) is 8.02. The van der Waals surface area contributed by atoms with Crippen LogP contribution in [-0.4, -0.2) is 28.9 Å². The van der Waals surface area contributed by atoms with Gasteiger partial charge in [0.25, 0.3) is 5.78 Å². The number of carbonyl (C=O) groups is 3. The van der Waals surface area contributed by atoms with E-state index >= 15 is 0 Å². The molecule has 24 heavy (non-hydrogen) atoms. The summed E-state index contributed by atoms with van der Waals surface area (Å²) in [6, 6.07) is 9.30. The van der Waals surface area contributed by atoms with Gasteiger partial charge in [-0.15, -0.1) is 0 Å². The number of Topliss-reactive ketones (excluding diaryl/α,β-unsaturated/α-hetero) is 1. The van der Waals surface area contributed by atoms with Gasteiger partial charge >= 0.3 is 11.9 Å². The zero-order valence-corrected chi connectivity index (χ0v) is 14.2. The van der Waals surface area contributed by atoms with Gasteiger partial charge in [0.15, 0.2) is 0 Å². The van der Waals surface area contributed by atoms with Crippen molar-refractivity contribution >= 4 is 17.7 Å². The van der Waals surface area contributed by atoms with E-state index in [9.17, 15) is 19.5 Å². The Hall–Kier alpha value is -2.01. The normalized spacial score (nSPS) is 11.8. The number of aryl methyl sites for hydroxylation is 1. The Morgan fingerprint density at radius 2 is 1.71 bits per heavy atom. The molecule has 0 aromatic heterocycles. The van der Waals surface area contributed by atoms with Gasteiger partial charge in [0, 0.05) is 0 Å². The first-order valence-electron chi connectivity index (χ1n) is 8.55. The second-order valence-electron chi connectivity index (χ2n) is 5.83. The topological polar surface area (TPSA) is 80.7 Å². The molecule has 0 aliphatic rings. The molecular formula is C19H26O5. The number of aliphatic hydroxyl groups excluding tert-OH is 1. The fraction of sp³-hybridized carbons (Fsp3) is 0.526. The fourth-order valence-electron chi connectivity index (χ4n) is 2.30. The number of hydrogen-bond donors (Lipinski definition) is 1. The molecule has 1 aromatic rings. The second kappa shape index (κ2) is 11.5. The standard InChI is InChI=1S/C19H26O5/c1-2-3-4-5-9-12-16(20)18(22)19(23)24-17(21)14-13-15-10-7-6-8-11-15/h6-8,10-11,16,20H,2-5,9,12-14H2,1H3. The van der Waals surface area contributed by atoms with E-state index in [4.69, 9.17) is 0 Å². The largest absolute Gasteiger partial charge is 0.387 e. The van der Waals surface area contributed by atoms with Crippen molar-refractivity contribution in [3.8, 4) is 0 Å². The monoisotopic (exact) mass is 334 g/mol. The third-order valence-electron chi connectivity index (χ3n) is 3.75. The summed E-state index contributed by atoms with van der Waals surface area (Å²) >= 11 is 0. The Morgan fingerprint density at radius 3 is 2.38 bits per heavy atom. The predicted molar refractivity (Wildman–Crippen MR) is 90.3 cm³/mol. The fourth-order valence-corrected chi connectivity index (χ4v) is 2.30. The lowest BCUT2D eigenvalue weighted by molar-refractivity contribution is -0.166. The molecule has 0 bridgehead atoms. The molecule has 1 unspecified atom stereocenters. The lowest BCUT2D eigenvalue weighted by atomic mass is 10.1. The van der Waals surface area contributed by atoms with E-state index in [2.05, 4.69) is 11.7 Å². The number of ether oxygens (including phenoxy) is 1. The average molecular weight is 334 g/mol. The van der Waals surface area contributed by atoms with Gasteiger partial charge in [-0.05, 0) is 18.4 Å². The Labute approximate surface area is 143 Å². The highest BCUT2D eigenvalue weighted by Gasteiger charge is 2.26. The van der Waals surface area contributed by atoms with Crippen molar-refractivity contribution in [1.82, 2.24) is 0 Å². The molecule has 0 heterocycles. The molecule has 5 heteroatoms. The predicted octanol–water partition coefficient (Wildman–Crippen LogP) is 2.98. The molecular weight excluding hydrogens is 308 g/mol. The van der Waals surface area contributed by atoms with E-state index in [0.717, 1.165) is 31.2 Å². The quantitative estimate of drug-likeness (QED) is 0.291. The molecule has 0 aliphatic carbocycles. The van der Waals surface area contributed by atoms with Crippen LogP contribution in [0.2, 0.25) is 0 Å². The van der Waals surface area contributed by atoms with Crippen LogP contribution in [0.5, 0.6) is 0 Å². The summed E-state index contributed by atoms with van der Waals surface area (Å²) in [6.45, 7) is 2.10. The molecule has 0 spiro atoms. The van der Waals surface area contributed by atoms with E-state index in [1.54, 1.807) is 0 Å². The smallest absolute Gasteiger partial charge is 0.385 e. The molecule has 0 amide bonds. The minimum atomic E-state index is -1.39. The van der Waals surface area contributed by atoms with Crippen LogP contribution < -0.4 is 0 Å². The molecule has 1 rings (SSSR count). The van der Waals surface area contributed by atoms with Crippen LogP contribution in [0.4, 0.5) is 0 Å². The molecule has 1 aromatic carbocycles. The molecule has 1 N–H and O–H groups in total. The van der Waals surface area contributed by atoms with Crippen molar-refractivity contribution in [2.45, 2.75) is 64.4 Å². The van der Waals surface area contributed by atoms with Crippen LogP contribution in [0.3, 0.4) is 0 Å². The van der Waals surface area contributed by atoms with Gasteiger partial charge in [-0.3, -0.25) is 9.59 Å². The van der Waals surface area contributed by atoms with Crippen LogP contribution in [0, 0.1) is 0 Å². The lowest BCUT2D eigenvalue weighted by Gasteiger charge is -2.08. The number of ketones is 1. The highest BCUT2D eigenvalue weighted by atomic mass is 16.6. The van der Waals surface area contributed by atoms with E-state index in [1.165, 1.54) is 0 Å². The number of unbranched alkanes of at least 4 members (excludes halogenated alkanes) is 4. The third-order valence-corrected chi connectivity index (χ3v) is 3.75. The van der Waals surface area contributed by atoms with Gasteiger partial charge in [-0.25, -0.2) is 4.79 Å². The minimum absolute atomic E-state index is 0.0101. The molecule has 132 valence electrons. The van der Waals surface area contributed by atoms with Gasteiger partial charge < -0.3 is 9.84 Å². The maximum atomic E-state index is 11.7. The Morgan fingerprint density at radius 1 is 1.04 bits per heavy atom. The number of benzene rings is 1. The van der Waals surface area contributed by atoms with E-state index < -0.39 is 23.8 Å². The van der Waals surface area contributed by atoms with E-state index in [0.29, 0.717) is 12.8 Å². The van der Waals surface area contributed by atoms with Gasteiger partial charge in [0.1, 0.15) is 6.10 Å². The Balaban J connectivity index is 2.26. The highest BCUT2D eigenvalue weighted by molar-refractivity contribution is 6.36. The first kappa shape index (κ1) is 20.0. The molecule has 0 fully saturated rings. The van der Waals surface area contributed by atoms with Crippen molar-refractivity contribution in [3.05, 3.63) is 35.9 Å². The van der Waals surface area contributed by atoms with Gasteiger partial charge in [-0.2, -0.15) is 0 Å². The zero-order valence-electron chi connectivity index (χ0n) is 14.2. The van der Waals surface area contributed by atoms with Crippen molar-refractivity contribution in [2.75, 3.05) is 0 Å². The first-order valence-corrected chi connectivity index (χ1v) is 8.55. The van der Waals surface area contributed by atoms with Crippen molar-refractivity contribution < 1.29 is 24.2 Å². The van der Waals surface area contributed by atoms with Crippen LogP contribution in [0.15, 0.2) is 30.3 Å². The average Bonchev–Trinajstić information content (AvgIpc) is 2.59. The number of carbonyl (C=O) groups excluding carboxylic acids is 3. The second-order valence-corrected chi connectivity index (χ2v) is 5.83. The summed E-state index contributed by atoms with van der Waals surface area (Å²) in [5, 5.41) is 9.70. The van der Waals surface area contributed by atoms with Crippen LogP contribution in [0.25, 0.3) is 0 Å². The summed E-state index contributed by atoms with van der Waals surface area (Å²) < 4.78 is 4.51.